The van der Waals surface area contributed by atoms with Crippen LogP contribution in [0.2, 0.25) is 0 Å². The second-order valence-corrected chi connectivity index (χ2v) is 4.22. The van der Waals surface area contributed by atoms with E-state index in [-0.39, 0.29) is 5.69 Å². The van der Waals surface area contributed by atoms with Crippen molar-refractivity contribution in [2.75, 3.05) is 0 Å². The molecule has 0 radical (unpaired) electrons. The molecule has 0 saturated carbocycles. The van der Waals surface area contributed by atoms with Gasteiger partial charge in [0, 0.05) is 29.7 Å². The van der Waals surface area contributed by atoms with Crippen LogP contribution in [0.5, 0.6) is 0 Å². The van der Waals surface area contributed by atoms with Crippen LogP contribution >= 0.6 is 0 Å². The van der Waals surface area contributed by atoms with Crippen molar-refractivity contribution in [2.24, 2.45) is 0 Å². The third-order valence-corrected chi connectivity index (χ3v) is 3.10. The smallest absolute Gasteiger partial charge is 0.352 e. The Bertz CT molecular complexity index is 709. The summed E-state index contributed by atoms with van der Waals surface area (Å²) in [4.78, 5) is 17.0. The zero-order valence-corrected chi connectivity index (χ0v) is 9.60. The highest BCUT2D eigenvalue weighted by Gasteiger charge is 2.13. The number of aromatic amines is 2. The third-order valence-electron chi connectivity index (χ3n) is 3.10. The maximum Gasteiger partial charge on any atom is 0.352 e. The molecule has 3 N–H and O–H groups in total. The Morgan fingerprint density at radius 1 is 1.11 bits per heavy atom. The molecule has 18 heavy (non-hydrogen) atoms. The molecule has 0 aliphatic carbocycles. The second-order valence-electron chi connectivity index (χ2n) is 4.22. The van der Waals surface area contributed by atoms with Crippen molar-refractivity contribution < 1.29 is 9.90 Å². The van der Waals surface area contributed by atoms with Crippen LogP contribution in [0.15, 0.2) is 42.7 Å². The standard InChI is InChI=1S/C14H12N2O2/c17-14(18)13-9(5-6-15-13)7-10-8-16-12-4-2-1-3-11(10)12/h1-6,8,15-16H,7H2,(H,17,18). The number of para-hydroxylation sites is 1. The van der Waals surface area contributed by atoms with E-state index in [0.717, 1.165) is 22.0 Å². The Kier molecular flexibility index (Phi) is 2.41. The van der Waals surface area contributed by atoms with Gasteiger partial charge in [-0.25, -0.2) is 4.79 Å². The average Bonchev–Trinajstić information content (AvgIpc) is 2.97. The lowest BCUT2D eigenvalue weighted by Gasteiger charge is -1.99. The van der Waals surface area contributed by atoms with E-state index in [9.17, 15) is 4.79 Å². The normalized spacial score (nSPS) is 10.9. The maximum absolute atomic E-state index is 11.0. The number of hydrogen-bond donors (Lipinski definition) is 3. The molecule has 1 aromatic carbocycles. The molecular weight excluding hydrogens is 228 g/mol. The number of fused-ring (bicyclic) bond motifs is 1. The number of benzene rings is 1. The van der Waals surface area contributed by atoms with Crippen LogP contribution in [-0.2, 0) is 6.42 Å². The van der Waals surface area contributed by atoms with E-state index in [1.165, 1.54) is 0 Å². The van der Waals surface area contributed by atoms with E-state index in [1.54, 1.807) is 6.20 Å². The molecule has 0 saturated heterocycles. The molecule has 2 heterocycles. The average molecular weight is 240 g/mol. The number of hydrogen-bond acceptors (Lipinski definition) is 1. The number of carboxylic acids is 1. The summed E-state index contributed by atoms with van der Waals surface area (Å²) in [7, 11) is 0. The van der Waals surface area contributed by atoms with Crippen LogP contribution in [0.3, 0.4) is 0 Å². The molecule has 0 fully saturated rings. The van der Waals surface area contributed by atoms with Crippen molar-refractivity contribution in [3.63, 3.8) is 0 Å². The largest absolute Gasteiger partial charge is 0.477 e. The molecule has 0 aliphatic rings. The minimum absolute atomic E-state index is 0.264. The van der Waals surface area contributed by atoms with Crippen LogP contribution in [0, 0.1) is 0 Å². The Hall–Kier alpha value is -2.49. The Morgan fingerprint density at radius 3 is 2.78 bits per heavy atom. The first-order valence-electron chi connectivity index (χ1n) is 5.70. The van der Waals surface area contributed by atoms with Crippen molar-refractivity contribution in [3.05, 3.63) is 59.5 Å². The van der Waals surface area contributed by atoms with Crippen molar-refractivity contribution in [1.29, 1.82) is 0 Å². The van der Waals surface area contributed by atoms with Gasteiger partial charge in [0.25, 0.3) is 0 Å². The van der Waals surface area contributed by atoms with Gasteiger partial charge >= 0.3 is 5.97 Å². The highest BCUT2D eigenvalue weighted by atomic mass is 16.4. The van der Waals surface area contributed by atoms with Crippen molar-refractivity contribution >= 4 is 16.9 Å². The summed E-state index contributed by atoms with van der Waals surface area (Å²) in [6, 6.07) is 9.81. The first-order chi connectivity index (χ1) is 8.75. The van der Waals surface area contributed by atoms with E-state index in [1.807, 2.05) is 36.5 Å². The van der Waals surface area contributed by atoms with Gasteiger partial charge in [-0.1, -0.05) is 18.2 Å². The Morgan fingerprint density at radius 2 is 1.94 bits per heavy atom. The predicted octanol–water partition coefficient (Wildman–Crippen LogP) is 2.79. The van der Waals surface area contributed by atoms with Gasteiger partial charge in [-0.3, -0.25) is 0 Å². The van der Waals surface area contributed by atoms with Crippen molar-refractivity contribution in [1.82, 2.24) is 9.97 Å². The highest BCUT2D eigenvalue weighted by Crippen LogP contribution is 2.22. The van der Waals surface area contributed by atoms with Gasteiger partial charge in [-0.05, 0) is 23.3 Å². The summed E-state index contributed by atoms with van der Waals surface area (Å²) in [5, 5.41) is 10.2. The van der Waals surface area contributed by atoms with Crippen LogP contribution < -0.4 is 0 Å². The number of H-pyrrole nitrogens is 2. The summed E-state index contributed by atoms with van der Waals surface area (Å²) >= 11 is 0. The van der Waals surface area contributed by atoms with Crippen LogP contribution in [0.4, 0.5) is 0 Å². The predicted molar refractivity (Wildman–Crippen MR) is 68.9 cm³/mol. The van der Waals surface area contributed by atoms with E-state index in [4.69, 9.17) is 5.11 Å². The van der Waals surface area contributed by atoms with Gasteiger partial charge in [0.1, 0.15) is 5.69 Å². The highest BCUT2D eigenvalue weighted by molar-refractivity contribution is 5.88. The molecule has 90 valence electrons. The first-order valence-corrected chi connectivity index (χ1v) is 5.70. The summed E-state index contributed by atoms with van der Waals surface area (Å²) in [6.07, 6.45) is 4.20. The van der Waals surface area contributed by atoms with E-state index >= 15 is 0 Å². The molecule has 2 aromatic heterocycles. The third kappa shape index (κ3) is 1.68. The zero-order chi connectivity index (χ0) is 12.5. The number of carboxylic acid groups (broad SMARTS) is 1. The molecule has 4 nitrogen and oxygen atoms in total. The van der Waals surface area contributed by atoms with Crippen molar-refractivity contribution in [2.45, 2.75) is 6.42 Å². The van der Waals surface area contributed by atoms with E-state index < -0.39 is 5.97 Å². The summed E-state index contributed by atoms with van der Waals surface area (Å²) in [5.41, 5.74) is 3.24. The van der Waals surface area contributed by atoms with Gasteiger partial charge in [0.15, 0.2) is 0 Å². The lowest BCUT2D eigenvalue weighted by molar-refractivity contribution is 0.0690. The number of carbonyl (C=O) groups is 1. The quantitative estimate of drug-likeness (QED) is 0.658. The molecular formula is C14H12N2O2. The second kappa shape index (κ2) is 4.07. The summed E-state index contributed by atoms with van der Waals surface area (Å²) in [6.45, 7) is 0. The first kappa shape index (κ1) is 10.7. The maximum atomic E-state index is 11.0. The van der Waals surface area contributed by atoms with Crippen LogP contribution in [0.25, 0.3) is 10.9 Å². The lowest BCUT2D eigenvalue weighted by Crippen LogP contribution is -2.01. The number of nitrogens with one attached hydrogen (secondary N) is 2. The number of aromatic nitrogens is 2. The summed E-state index contributed by atoms with van der Waals surface area (Å²) in [5.74, 6) is -0.921. The van der Waals surface area contributed by atoms with Crippen molar-refractivity contribution in [3.8, 4) is 0 Å². The number of rotatable bonds is 3. The fraction of sp³-hybridized carbons (Fsp3) is 0.0714. The molecule has 3 aromatic rings. The fourth-order valence-electron chi connectivity index (χ4n) is 2.23. The Labute approximate surface area is 103 Å². The molecule has 0 unspecified atom stereocenters. The molecule has 0 bridgehead atoms. The molecule has 4 heteroatoms. The topological polar surface area (TPSA) is 68.9 Å². The number of aromatic carboxylic acids is 1. The minimum Gasteiger partial charge on any atom is -0.477 e. The van der Waals surface area contributed by atoms with E-state index in [0.29, 0.717) is 6.42 Å². The Balaban J connectivity index is 2.02. The van der Waals surface area contributed by atoms with Gasteiger partial charge in [0.05, 0.1) is 0 Å². The molecule has 0 atom stereocenters. The molecule has 0 amide bonds. The van der Waals surface area contributed by atoms with Gasteiger partial charge in [-0.2, -0.15) is 0 Å². The SMILES string of the molecule is O=C(O)c1[nH]ccc1Cc1c[nH]c2ccccc12. The zero-order valence-electron chi connectivity index (χ0n) is 9.60. The minimum atomic E-state index is -0.921. The summed E-state index contributed by atoms with van der Waals surface area (Å²) < 4.78 is 0. The van der Waals surface area contributed by atoms with Crippen LogP contribution in [-0.4, -0.2) is 21.0 Å². The monoisotopic (exact) mass is 240 g/mol. The molecule has 0 spiro atoms. The van der Waals surface area contributed by atoms with E-state index in [2.05, 4.69) is 9.97 Å². The van der Waals surface area contributed by atoms with Crippen LogP contribution in [0.1, 0.15) is 21.6 Å². The van der Waals surface area contributed by atoms with Gasteiger partial charge in [0.2, 0.25) is 0 Å². The lowest BCUT2D eigenvalue weighted by atomic mass is 10.0. The van der Waals surface area contributed by atoms with Gasteiger partial charge < -0.3 is 15.1 Å². The molecule has 3 rings (SSSR count). The van der Waals surface area contributed by atoms with Gasteiger partial charge in [-0.15, -0.1) is 0 Å². The molecule has 0 aliphatic heterocycles. The fourth-order valence-corrected chi connectivity index (χ4v) is 2.23.